The van der Waals surface area contributed by atoms with Crippen molar-refractivity contribution in [3.63, 3.8) is 0 Å². The topological polar surface area (TPSA) is 49.3 Å². The Balaban J connectivity index is 2.28. The molecule has 0 atom stereocenters. The Morgan fingerprint density at radius 3 is 2.62 bits per heavy atom. The van der Waals surface area contributed by atoms with E-state index in [0.29, 0.717) is 16.8 Å². The van der Waals surface area contributed by atoms with E-state index in [4.69, 9.17) is 5.11 Å². The highest BCUT2D eigenvalue weighted by Gasteiger charge is 2.10. The van der Waals surface area contributed by atoms with Crippen molar-refractivity contribution in [2.45, 2.75) is 6.92 Å². The molecule has 0 heterocycles. The third-order valence-corrected chi connectivity index (χ3v) is 2.82. The average molecular weight is 283 g/mol. The van der Waals surface area contributed by atoms with Crippen LogP contribution >= 0.6 is 0 Å². The van der Waals surface area contributed by atoms with Gasteiger partial charge in [0.15, 0.2) is 0 Å². The van der Waals surface area contributed by atoms with E-state index in [-0.39, 0.29) is 18.3 Å². The van der Waals surface area contributed by atoms with Gasteiger partial charge >= 0.3 is 0 Å². The summed E-state index contributed by atoms with van der Waals surface area (Å²) in [4.78, 5) is 12.3. The minimum absolute atomic E-state index is 0.271. The van der Waals surface area contributed by atoms with Gasteiger partial charge in [-0.2, -0.15) is 0 Å². The van der Waals surface area contributed by atoms with Gasteiger partial charge in [0.1, 0.15) is 12.4 Å². The molecule has 0 radical (unpaired) electrons. The van der Waals surface area contributed by atoms with Gasteiger partial charge in [-0.1, -0.05) is 17.9 Å². The fraction of sp³-hybridized carbons (Fsp3) is 0.118. The van der Waals surface area contributed by atoms with Gasteiger partial charge in [-0.05, 0) is 48.9 Å². The summed E-state index contributed by atoms with van der Waals surface area (Å²) in [5.74, 6) is 4.60. The first kappa shape index (κ1) is 14.8. The Morgan fingerprint density at radius 2 is 1.95 bits per heavy atom. The first-order valence-corrected chi connectivity index (χ1v) is 6.37. The first-order chi connectivity index (χ1) is 10.1. The van der Waals surface area contributed by atoms with E-state index in [2.05, 4.69) is 17.2 Å². The summed E-state index contributed by atoms with van der Waals surface area (Å²) in [6, 6.07) is 10.8. The van der Waals surface area contributed by atoms with Crippen molar-refractivity contribution in [3.8, 4) is 11.8 Å². The molecule has 0 aromatic heterocycles. The Kier molecular flexibility index (Phi) is 4.70. The number of anilines is 1. The van der Waals surface area contributed by atoms with E-state index in [1.54, 1.807) is 12.1 Å². The van der Waals surface area contributed by atoms with Gasteiger partial charge in [-0.3, -0.25) is 4.79 Å². The van der Waals surface area contributed by atoms with Crippen molar-refractivity contribution >= 4 is 11.6 Å². The number of amides is 1. The molecule has 0 aliphatic carbocycles. The number of carbonyl (C=O) groups excluding carboxylic acids is 1. The van der Waals surface area contributed by atoms with Crippen LogP contribution < -0.4 is 5.32 Å². The Morgan fingerprint density at radius 1 is 1.24 bits per heavy atom. The Bertz CT molecular complexity index is 712. The molecule has 4 heteroatoms. The van der Waals surface area contributed by atoms with Gasteiger partial charge in [0.2, 0.25) is 0 Å². The number of rotatable bonds is 2. The van der Waals surface area contributed by atoms with Crippen LogP contribution in [-0.4, -0.2) is 17.6 Å². The van der Waals surface area contributed by atoms with Crippen molar-refractivity contribution in [1.29, 1.82) is 0 Å². The Hall–Kier alpha value is -2.64. The van der Waals surface area contributed by atoms with E-state index in [0.717, 1.165) is 5.56 Å². The van der Waals surface area contributed by atoms with Crippen LogP contribution in [-0.2, 0) is 0 Å². The van der Waals surface area contributed by atoms with E-state index >= 15 is 0 Å². The van der Waals surface area contributed by atoms with E-state index in [9.17, 15) is 9.18 Å². The molecular weight excluding hydrogens is 269 g/mol. The summed E-state index contributed by atoms with van der Waals surface area (Å²) in [5.41, 5.74) is 2.42. The minimum atomic E-state index is -0.363. The monoisotopic (exact) mass is 283 g/mol. The molecule has 2 rings (SSSR count). The maximum absolute atomic E-state index is 12.8. The molecule has 2 N–H and O–H groups in total. The van der Waals surface area contributed by atoms with Crippen molar-refractivity contribution in [3.05, 3.63) is 65.0 Å². The lowest BCUT2D eigenvalue weighted by molar-refractivity contribution is 0.102. The molecule has 0 unspecified atom stereocenters. The molecule has 0 saturated heterocycles. The SMILES string of the molecule is Cc1ccc(C(=O)Nc2ccc(F)cc2)c(C#CCO)c1. The quantitative estimate of drug-likeness (QED) is 0.833. The lowest BCUT2D eigenvalue weighted by Gasteiger charge is -2.08. The number of nitrogens with one attached hydrogen (secondary N) is 1. The number of halogens is 1. The highest BCUT2D eigenvalue weighted by atomic mass is 19.1. The van der Waals surface area contributed by atoms with Gasteiger partial charge < -0.3 is 10.4 Å². The zero-order chi connectivity index (χ0) is 15.2. The summed E-state index contributed by atoms with van der Waals surface area (Å²) < 4.78 is 12.8. The fourth-order valence-corrected chi connectivity index (χ4v) is 1.83. The molecular formula is C17H14FNO2. The predicted octanol–water partition coefficient (Wildman–Crippen LogP) is 2.73. The normalized spacial score (nSPS) is 9.67. The van der Waals surface area contributed by atoms with Crippen LogP contribution in [0, 0.1) is 24.6 Å². The maximum Gasteiger partial charge on any atom is 0.256 e. The van der Waals surface area contributed by atoms with Gasteiger partial charge in [-0.15, -0.1) is 0 Å². The fourth-order valence-electron chi connectivity index (χ4n) is 1.83. The summed E-state index contributed by atoms with van der Waals surface area (Å²) in [6.45, 7) is 1.62. The molecule has 106 valence electrons. The average Bonchev–Trinajstić information content (AvgIpc) is 2.47. The van der Waals surface area contributed by atoms with Crippen LogP contribution in [0.3, 0.4) is 0 Å². The standard InChI is InChI=1S/C17H14FNO2/c1-12-4-9-16(13(11-12)3-2-10-20)17(21)19-15-7-5-14(18)6-8-15/h4-9,11,20H,10H2,1H3,(H,19,21). The minimum Gasteiger partial charge on any atom is -0.384 e. The zero-order valence-electron chi connectivity index (χ0n) is 11.5. The van der Waals surface area contributed by atoms with Crippen LogP contribution in [0.25, 0.3) is 0 Å². The molecule has 0 bridgehead atoms. The Labute approximate surface area is 122 Å². The lowest BCUT2D eigenvalue weighted by atomic mass is 10.0. The van der Waals surface area contributed by atoms with Crippen molar-refractivity contribution in [1.82, 2.24) is 0 Å². The second-order valence-corrected chi connectivity index (χ2v) is 4.47. The van der Waals surface area contributed by atoms with E-state index in [1.165, 1.54) is 24.3 Å². The molecule has 0 fully saturated rings. The van der Waals surface area contributed by atoms with Crippen molar-refractivity contribution < 1.29 is 14.3 Å². The van der Waals surface area contributed by atoms with Crippen LogP contribution in [0.5, 0.6) is 0 Å². The number of carbonyl (C=O) groups is 1. The van der Waals surface area contributed by atoms with Crippen molar-refractivity contribution in [2.24, 2.45) is 0 Å². The van der Waals surface area contributed by atoms with Crippen LogP contribution in [0.1, 0.15) is 21.5 Å². The van der Waals surface area contributed by atoms with Gasteiger partial charge in [0, 0.05) is 11.3 Å². The molecule has 0 aliphatic heterocycles. The number of hydrogen-bond acceptors (Lipinski definition) is 2. The van der Waals surface area contributed by atoms with Gasteiger partial charge in [-0.25, -0.2) is 4.39 Å². The molecule has 0 spiro atoms. The largest absolute Gasteiger partial charge is 0.384 e. The van der Waals surface area contributed by atoms with Crippen molar-refractivity contribution in [2.75, 3.05) is 11.9 Å². The predicted molar refractivity (Wildman–Crippen MR) is 79.5 cm³/mol. The molecule has 0 saturated carbocycles. The summed E-state index contributed by atoms with van der Waals surface area (Å²) in [6.07, 6.45) is 0. The summed E-state index contributed by atoms with van der Waals surface area (Å²) in [5, 5.41) is 11.5. The number of aliphatic hydroxyl groups excluding tert-OH is 1. The molecule has 0 aliphatic rings. The zero-order valence-corrected chi connectivity index (χ0v) is 11.5. The van der Waals surface area contributed by atoms with E-state index in [1.807, 2.05) is 13.0 Å². The van der Waals surface area contributed by atoms with Gasteiger partial charge in [0.25, 0.3) is 5.91 Å². The molecule has 2 aromatic rings. The summed E-state index contributed by atoms with van der Waals surface area (Å²) >= 11 is 0. The second-order valence-electron chi connectivity index (χ2n) is 4.47. The van der Waals surface area contributed by atoms with Crippen LogP contribution in [0.15, 0.2) is 42.5 Å². The summed E-state index contributed by atoms with van der Waals surface area (Å²) in [7, 11) is 0. The third kappa shape index (κ3) is 3.91. The molecule has 3 nitrogen and oxygen atoms in total. The van der Waals surface area contributed by atoms with Crippen LogP contribution in [0.4, 0.5) is 10.1 Å². The maximum atomic E-state index is 12.8. The van der Waals surface area contributed by atoms with E-state index < -0.39 is 0 Å². The number of hydrogen-bond donors (Lipinski definition) is 2. The molecule has 2 aromatic carbocycles. The first-order valence-electron chi connectivity index (χ1n) is 6.37. The highest BCUT2D eigenvalue weighted by Crippen LogP contribution is 2.14. The molecule has 1 amide bonds. The molecule has 21 heavy (non-hydrogen) atoms. The number of aryl methyl sites for hydroxylation is 1. The second kappa shape index (κ2) is 6.69. The number of aliphatic hydroxyl groups is 1. The van der Waals surface area contributed by atoms with Crippen LogP contribution in [0.2, 0.25) is 0 Å². The third-order valence-electron chi connectivity index (χ3n) is 2.82. The lowest BCUT2D eigenvalue weighted by Crippen LogP contribution is -2.13. The highest BCUT2D eigenvalue weighted by molar-refractivity contribution is 6.06. The number of benzene rings is 2. The van der Waals surface area contributed by atoms with Gasteiger partial charge in [0.05, 0.1) is 5.56 Å². The smallest absolute Gasteiger partial charge is 0.256 e.